The summed E-state index contributed by atoms with van der Waals surface area (Å²) in [6.07, 6.45) is 4.36. The standard InChI is InChI=1S/C27H39NO8S/c1-6-12-35-27-24(34-13-8-7-11-28)16-19(17-25(27)37(5,29)30)21-10-9-20(36-21)18-14-22(31-2)26(33-4)23(15-18)32-3/h14-17,20-21H,6-13,28H2,1-5H3/t20-,21-/m0/s1. The number of ether oxygens (including phenoxy) is 6. The fraction of sp³-hybridized carbons (Fsp3) is 0.556. The number of benzene rings is 2. The van der Waals surface area contributed by atoms with Gasteiger partial charge >= 0.3 is 0 Å². The highest BCUT2D eigenvalue weighted by Gasteiger charge is 2.32. The van der Waals surface area contributed by atoms with Gasteiger partial charge in [0.05, 0.1) is 46.8 Å². The van der Waals surface area contributed by atoms with E-state index < -0.39 is 9.84 Å². The number of rotatable bonds is 14. The van der Waals surface area contributed by atoms with Gasteiger partial charge in [0.1, 0.15) is 4.90 Å². The first-order valence-electron chi connectivity index (χ1n) is 12.6. The lowest BCUT2D eigenvalue weighted by Crippen LogP contribution is -2.10. The quantitative estimate of drug-likeness (QED) is 0.345. The number of hydrogen-bond donors (Lipinski definition) is 1. The van der Waals surface area contributed by atoms with Crippen LogP contribution in [-0.4, -0.2) is 55.8 Å². The van der Waals surface area contributed by atoms with Crippen LogP contribution in [0.5, 0.6) is 28.7 Å². The van der Waals surface area contributed by atoms with Crippen molar-refractivity contribution in [3.05, 3.63) is 35.4 Å². The summed E-state index contributed by atoms with van der Waals surface area (Å²) in [6.45, 7) is 3.32. The van der Waals surface area contributed by atoms with Crippen molar-refractivity contribution in [2.24, 2.45) is 5.73 Å². The number of sulfone groups is 1. The van der Waals surface area contributed by atoms with E-state index in [0.29, 0.717) is 49.2 Å². The fourth-order valence-electron chi connectivity index (χ4n) is 4.36. The van der Waals surface area contributed by atoms with E-state index in [1.54, 1.807) is 27.4 Å². The number of unbranched alkanes of at least 4 members (excludes halogenated alkanes) is 1. The largest absolute Gasteiger partial charge is 0.493 e. The highest BCUT2D eigenvalue weighted by Crippen LogP contribution is 2.48. The molecular formula is C27H39NO8S. The van der Waals surface area contributed by atoms with Crippen molar-refractivity contribution in [1.82, 2.24) is 0 Å². The predicted molar refractivity (Wildman–Crippen MR) is 141 cm³/mol. The van der Waals surface area contributed by atoms with Crippen molar-refractivity contribution < 1.29 is 36.8 Å². The Morgan fingerprint density at radius 3 is 1.95 bits per heavy atom. The molecule has 0 bridgehead atoms. The third kappa shape index (κ3) is 7.00. The second kappa shape index (κ2) is 13.2. The van der Waals surface area contributed by atoms with Gasteiger partial charge in [-0.25, -0.2) is 8.42 Å². The summed E-state index contributed by atoms with van der Waals surface area (Å²) < 4.78 is 60.3. The van der Waals surface area contributed by atoms with Gasteiger partial charge in [-0.1, -0.05) is 6.92 Å². The van der Waals surface area contributed by atoms with Gasteiger partial charge in [0.2, 0.25) is 5.75 Å². The molecule has 1 aliphatic rings. The zero-order valence-electron chi connectivity index (χ0n) is 22.4. The van der Waals surface area contributed by atoms with Gasteiger partial charge in [-0.3, -0.25) is 0 Å². The van der Waals surface area contributed by atoms with Gasteiger partial charge in [-0.05, 0) is 74.0 Å². The molecule has 2 N–H and O–H groups in total. The zero-order chi connectivity index (χ0) is 27.0. The van der Waals surface area contributed by atoms with Gasteiger partial charge in [0.15, 0.2) is 32.8 Å². The SMILES string of the molecule is CCCOc1c(OCCCCN)cc([C@@H]2CC[C@@H](c3cc(OC)c(OC)c(OC)c3)O2)cc1S(C)(=O)=O. The highest BCUT2D eigenvalue weighted by molar-refractivity contribution is 7.90. The van der Waals surface area contributed by atoms with Gasteiger partial charge in [-0.15, -0.1) is 0 Å². The van der Waals surface area contributed by atoms with E-state index in [-0.39, 0.29) is 22.9 Å². The molecule has 10 heteroatoms. The molecule has 2 aromatic rings. The van der Waals surface area contributed by atoms with E-state index in [1.807, 2.05) is 25.1 Å². The van der Waals surface area contributed by atoms with Crippen LogP contribution in [0.25, 0.3) is 0 Å². The Hall–Kier alpha value is -2.69. The van der Waals surface area contributed by atoms with Crippen LogP contribution in [0.1, 0.15) is 62.4 Å². The predicted octanol–water partition coefficient (Wildman–Crippen LogP) is 4.62. The van der Waals surface area contributed by atoms with Gasteiger partial charge in [0, 0.05) is 6.26 Å². The molecule has 0 spiro atoms. The Kier molecular flexibility index (Phi) is 10.3. The molecule has 2 aromatic carbocycles. The summed E-state index contributed by atoms with van der Waals surface area (Å²) in [6, 6.07) is 7.24. The average molecular weight is 538 g/mol. The Bertz CT molecular complexity index is 1130. The van der Waals surface area contributed by atoms with E-state index in [9.17, 15) is 8.42 Å². The lowest BCUT2D eigenvalue weighted by atomic mass is 10.0. The van der Waals surface area contributed by atoms with Crippen LogP contribution < -0.4 is 29.4 Å². The smallest absolute Gasteiger partial charge is 0.203 e. The molecule has 0 amide bonds. The van der Waals surface area contributed by atoms with E-state index in [4.69, 9.17) is 34.2 Å². The normalized spacial score (nSPS) is 17.5. The van der Waals surface area contributed by atoms with E-state index in [0.717, 1.165) is 36.8 Å². The van der Waals surface area contributed by atoms with Crippen molar-refractivity contribution >= 4 is 9.84 Å². The van der Waals surface area contributed by atoms with Crippen LogP contribution in [0, 0.1) is 0 Å². The molecule has 9 nitrogen and oxygen atoms in total. The van der Waals surface area contributed by atoms with Gasteiger partial charge in [-0.2, -0.15) is 0 Å². The van der Waals surface area contributed by atoms with E-state index >= 15 is 0 Å². The third-order valence-corrected chi connectivity index (χ3v) is 7.30. The maximum absolute atomic E-state index is 12.8. The van der Waals surface area contributed by atoms with Crippen LogP contribution in [0.4, 0.5) is 0 Å². The molecule has 1 heterocycles. The summed E-state index contributed by atoms with van der Waals surface area (Å²) in [4.78, 5) is 0.104. The molecule has 2 atom stereocenters. The Morgan fingerprint density at radius 1 is 0.838 bits per heavy atom. The third-order valence-electron chi connectivity index (χ3n) is 6.20. The molecule has 0 radical (unpaired) electrons. The molecule has 0 aliphatic carbocycles. The highest BCUT2D eigenvalue weighted by atomic mass is 32.2. The fourth-order valence-corrected chi connectivity index (χ4v) is 5.20. The summed E-state index contributed by atoms with van der Waals surface area (Å²) in [5.41, 5.74) is 7.23. The molecule has 0 aromatic heterocycles. The minimum atomic E-state index is -3.59. The molecule has 0 unspecified atom stereocenters. The first-order valence-corrected chi connectivity index (χ1v) is 14.4. The molecule has 0 saturated carbocycles. The zero-order valence-corrected chi connectivity index (χ0v) is 23.2. The van der Waals surface area contributed by atoms with Gasteiger partial charge < -0.3 is 34.2 Å². The Balaban J connectivity index is 1.95. The van der Waals surface area contributed by atoms with Crippen LogP contribution in [0.2, 0.25) is 0 Å². The van der Waals surface area contributed by atoms with Crippen LogP contribution in [-0.2, 0) is 14.6 Å². The Labute approximate surface area is 220 Å². The van der Waals surface area contributed by atoms with Crippen molar-refractivity contribution in [1.29, 1.82) is 0 Å². The lowest BCUT2D eigenvalue weighted by molar-refractivity contribution is 0.0434. The molecule has 1 fully saturated rings. The van der Waals surface area contributed by atoms with E-state index in [1.165, 1.54) is 6.26 Å². The molecule has 1 saturated heterocycles. The minimum absolute atomic E-state index is 0.104. The van der Waals surface area contributed by atoms with Crippen LogP contribution >= 0.6 is 0 Å². The number of methoxy groups -OCH3 is 3. The lowest BCUT2D eigenvalue weighted by Gasteiger charge is -2.21. The van der Waals surface area contributed by atoms with Crippen molar-refractivity contribution in [2.45, 2.75) is 56.1 Å². The minimum Gasteiger partial charge on any atom is -0.493 e. The monoisotopic (exact) mass is 537 g/mol. The molecule has 3 rings (SSSR count). The number of hydrogen-bond acceptors (Lipinski definition) is 9. The maximum Gasteiger partial charge on any atom is 0.203 e. The Morgan fingerprint density at radius 2 is 1.43 bits per heavy atom. The average Bonchev–Trinajstić information content (AvgIpc) is 3.38. The van der Waals surface area contributed by atoms with E-state index in [2.05, 4.69) is 0 Å². The summed E-state index contributed by atoms with van der Waals surface area (Å²) >= 11 is 0. The summed E-state index contributed by atoms with van der Waals surface area (Å²) in [7, 11) is 1.11. The first kappa shape index (κ1) is 28.9. The second-order valence-corrected chi connectivity index (χ2v) is 10.9. The molecule has 206 valence electrons. The molecule has 1 aliphatic heterocycles. The van der Waals surface area contributed by atoms with Crippen molar-refractivity contribution in [2.75, 3.05) is 47.3 Å². The van der Waals surface area contributed by atoms with Crippen LogP contribution in [0.3, 0.4) is 0 Å². The van der Waals surface area contributed by atoms with Crippen LogP contribution in [0.15, 0.2) is 29.2 Å². The summed E-state index contributed by atoms with van der Waals surface area (Å²) in [5.74, 6) is 2.27. The summed E-state index contributed by atoms with van der Waals surface area (Å²) in [5, 5.41) is 0. The van der Waals surface area contributed by atoms with Crippen molar-refractivity contribution in [3.8, 4) is 28.7 Å². The topological polar surface area (TPSA) is 116 Å². The molecular weight excluding hydrogens is 498 g/mol. The first-order chi connectivity index (χ1) is 17.8. The number of nitrogens with two attached hydrogens (primary N) is 1. The maximum atomic E-state index is 12.8. The van der Waals surface area contributed by atoms with Crippen molar-refractivity contribution in [3.63, 3.8) is 0 Å². The van der Waals surface area contributed by atoms with Gasteiger partial charge in [0.25, 0.3) is 0 Å². The molecule has 37 heavy (non-hydrogen) atoms. The second-order valence-electron chi connectivity index (χ2n) is 8.96.